The third-order valence-electron chi connectivity index (χ3n) is 6.88. The molecule has 1 fully saturated rings. The van der Waals surface area contributed by atoms with Gasteiger partial charge in [0.15, 0.2) is 0 Å². The lowest BCUT2D eigenvalue weighted by Crippen LogP contribution is -2.42. The molecule has 0 spiro atoms. The number of nitrogens with zero attached hydrogens (tertiary/aromatic N) is 4. The lowest BCUT2D eigenvalue weighted by Gasteiger charge is -2.34. The van der Waals surface area contributed by atoms with Crippen LogP contribution in [0, 0.1) is 0 Å². The van der Waals surface area contributed by atoms with Crippen LogP contribution in [-0.4, -0.2) is 46.6 Å². The molecule has 0 unspecified atom stereocenters. The van der Waals surface area contributed by atoms with Crippen LogP contribution in [0.1, 0.15) is 43.6 Å². The minimum atomic E-state index is -0.341. The van der Waals surface area contributed by atoms with Crippen LogP contribution in [0.3, 0.4) is 0 Å². The standard InChI is InChI=1S/C25H30N4O4/c1-17-8-9-19-20(28(17)25(31)32-2)10-11-21-24(19)26-22(29(21)18-6-5-15-33-16-18)12-14-27-13-4-3-7-23(27)30/h3-4,7,10-11,13,17-18H,5-6,8-9,12,14-16H2,1-2H3/t17-,18+/m0/s1. The summed E-state index contributed by atoms with van der Waals surface area (Å²) in [6.45, 7) is 4.06. The van der Waals surface area contributed by atoms with E-state index in [9.17, 15) is 9.59 Å². The molecule has 4 heterocycles. The number of fused-ring (bicyclic) bond motifs is 3. The van der Waals surface area contributed by atoms with Crippen LogP contribution in [-0.2, 0) is 28.9 Å². The van der Waals surface area contributed by atoms with Crippen molar-refractivity contribution in [1.82, 2.24) is 14.1 Å². The molecule has 3 aromatic rings. The number of hydrogen-bond acceptors (Lipinski definition) is 5. The summed E-state index contributed by atoms with van der Waals surface area (Å²) in [6.07, 6.45) is 5.88. The Morgan fingerprint density at radius 1 is 1.24 bits per heavy atom. The second kappa shape index (κ2) is 9.02. The molecule has 0 saturated carbocycles. The van der Waals surface area contributed by atoms with Crippen molar-refractivity contribution < 1.29 is 14.3 Å². The highest BCUT2D eigenvalue weighted by atomic mass is 16.5. The molecule has 2 aromatic heterocycles. The molecular weight excluding hydrogens is 420 g/mol. The van der Waals surface area contributed by atoms with Gasteiger partial charge in [-0.1, -0.05) is 6.07 Å². The maximum atomic E-state index is 12.5. The molecule has 0 aliphatic carbocycles. The predicted octanol–water partition coefficient (Wildman–Crippen LogP) is 3.70. The van der Waals surface area contributed by atoms with Gasteiger partial charge in [-0.2, -0.15) is 0 Å². The summed E-state index contributed by atoms with van der Waals surface area (Å²) in [5, 5.41) is 0. The fourth-order valence-electron chi connectivity index (χ4n) is 5.20. The van der Waals surface area contributed by atoms with Gasteiger partial charge in [0.25, 0.3) is 5.56 Å². The van der Waals surface area contributed by atoms with Crippen molar-refractivity contribution in [2.75, 3.05) is 25.2 Å². The summed E-state index contributed by atoms with van der Waals surface area (Å²) >= 11 is 0. The zero-order valence-corrected chi connectivity index (χ0v) is 19.2. The van der Waals surface area contributed by atoms with Crippen molar-refractivity contribution in [2.45, 2.75) is 57.7 Å². The van der Waals surface area contributed by atoms with Gasteiger partial charge >= 0.3 is 6.09 Å². The van der Waals surface area contributed by atoms with Gasteiger partial charge in [0.1, 0.15) is 5.82 Å². The van der Waals surface area contributed by atoms with E-state index < -0.39 is 0 Å². The Balaban J connectivity index is 1.60. The molecule has 1 saturated heterocycles. The average molecular weight is 451 g/mol. The largest absolute Gasteiger partial charge is 0.452 e. The lowest BCUT2D eigenvalue weighted by molar-refractivity contribution is 0.0595. The van der Waals surface area contributed by atoms with E-state index in [1.807, 2.05) is 25.3 Å². The van der Waals surface area contributed by atoms with Crippen LogP contribution in [0.25, 0.3) is 11.0 Å². The second-order valence-corrected chi connectivity index (χ2v) is 8.91. The lowest BCUT2D eigenvalue weighted by atomic mass is 9.95. The molecule has 5 rings (SSSR count). The molecule has 33 heavy (non-hydrogen) atoms. The first-order chi connectivity index (χ1) is 16.1. The number of imidazole rings is 1. The zero-order valence-electron chi connectivity index (χ0n) is 19.2. The summed E-state index contributed by atoms with van der Waals surface area (Å²) in [5.74, 6) is 0.952. The maximum Gasteiger partial charge on any atom is 0.414 e. The normalized spacial score (nSPS) is 20.6. The fourth-order valence-corrected chi connectivity index (χ4v) is 5.20. The van der Waals surface area contributed by atoms with E-state index in [2.05, 4.69) is 10.6 Å². The second-order valence-electron chi connectivity index (χ2n) is 8.91. The van der Waals surface area contributed by atoms with Gasteiger partial charge in [-0.05, 0) is 50.8 Å². The third kappa shape index (κ3) is 3.93. The third-order valence-corrected chi connectivity index (χ3v) is 6.88. The Labute approximate surface area is 192 Å². The number of aryl methyl sites for hydroxylation is 3. The Kier molecular flexibility index (Phi) is 5.93. The van der Waals surface area contributed by atoms with Gasteiger partial charge in [0.05, 0.1) is 36.5 Å². The number of pyridine rings is 1. The van der Waals surface area contributed by atoms with Crippen LogP contribution in [0.5, 0.6) is 0 Å². The summed E-state index contributed by atoms with van der Waals surface area (Å²) in [5.41, 5.74) is 3.96. The molecule has 1 aromatic carbocycles. The highest BCUT2D eigenvalue weighted by molar-refractivity contribution is 5.95. The number of benzene rings is 1. The molecule has 8 nitrogen and oxygen atoms in total. The van der Waals surface area contributed by atoms with Gasteiger partial charge < -0.3 is 18.6 Å². The summed E-state index contributed by atoms with van der Waals surface area (Å²) in [4.78, 5) is 31.6. The number of hydrogen-bond donors (Lipinski definition) is 0. The molecule has 174 valence electrons. The molecule has 2 aliphatic heterocycles. The van der Waals surface area contributed by atoms with Crippen molar-refractivity contribution in [3.05, 3.63) is 58.3 Å². The number of anilines is 1. The van der Waals surface area contributed by atoms with Crippen LogP contribution in [0.2, 0.25) is 0 Å². The molecule has 2 atom stereocenters. The molecule has 0 N–H and O–H groups in total. The zero-order chi connectivity index (χ0) is 22.9. The van der Waals surface area contributed by atoms with Crippen molar-refractivity contribution in [3.8, 4) is 0 Å². The first-order valence-corrected chi connectivity index (χ1v) is 11.7. The van der Waals surface area contributed by atoms with E-state index in [1.54, 1.807) is 21.6 Å². The van der Waals surface area contributed by atoms with E-state index in [0.717, 1.165) is 60.4 Å². The average Bonchev–Trinajstić information content (AvgIpc) is 3.22. The summed E-state index contributed by atoms with van der Waals surface area (Å²) < 4.78 is 14.9. The van der Waals surface area contributed by atoms with Crippen molar-refractivity contribution >= 4 is 22.8 Å². The minimum absolute atomic E-state index is 0.0127. The highest BCUT2D eigenvalue weighted by Crippen LogP contribution is 2.38. The van der Waals surface area contributed by atoms with E-state index in [4.69, 9.17) is 14.5 Å². The topological polar surface area (TPSA) is 78.6 Å². The first kappa shape index (κ1) is 21.7. The SMILES string of the molecule is COC(=O)N1c2ccc3c(nc(CCn4ccccc4=O)n3[C@@H]3CCCOC3)c2CC[C@@H]1C. The minimum Gasteiger partial charge on any atom is -0.452 e. The van der Waals surface area contributed by atoms with Gasteiger partial charge in [-0.3, -0.25) is 9.69 Å². The molecular formula is C25H30N4O4. The van der Waals surface area contributed by atoms with Crippen LogP contribution in [0.4, 0.5) is 10.5 Å². The van der Waals surface area contributed by atoms with Crippen molar-refractivity contribution in [2.24, 2.45) is 0 Å². The van der Waals surface area contributed by atoms with Gasteiger partial charge in [0.2, 0.25) is 0 Å². The van der Waals surface area contributed by atoms with Crippen LogP contribution >= 0.6 is 0 Å². The van der Waals surface area contributed by atoms with E-state index in [-0.39, 0.29) is 23.7 Å². The number of carbonyl (C=O) groups is 1. The molecule has 8 heteroatoms. The molecule has 2 aliphatic rings. The van der Waals surface area contributed by atoms with Crippen molar-refractivity contribution in [3.63, 3.8) is 0 Å². The molecule has 0 radical (unpaired) electrons. The Hall–Kier alpha value is -3.13. The smallest absolute Gasteiger partial charge is 0.414 e. The van der Waals surface area contributed by atoms with Crippen LogP contribution < -0.4 is 10.5 Å². The molecule has 0 bridgehead atoms. The number of amides is 1. The van der Waals surface area contributed by atoms with E-state index in [1.165, 1.54) is 7.11 Å². The Bertz CT molecular complexity index is 1220. The van der Waals surface area contributed by atoms with Gasteiger partial charge in [-0.15, -0.1) is 0 Å². The molecule has 1 amide bonds. The maximum absolute atomic E-state index is 12.5. The highest BCUT2D eigenvalue weighted by Gasteiger charge is 2.32. The number of rotatable bonds is 4. The Morgan fingerprint density at radius 2 is 2.12 bits per heavy atom. The monoisotopic (exact) mass is 450 g/mol. The number of ether oxygens (including phenoxy) is 2. The summed E-state index contributed by atoms with van der Waals surface area (Å²) in [7, 11) is 1.42. The summed E-state index contributed by atoms with van der Waals surface area (Å²) in [6, 6.07) is 9.59. The predicted molar refractivity (Wildman–Crippen MR) is 126 cm³/mol. The number of methoxy groups -OCH3 is 1. The van der Waals surface area contributed by atoms with Crippen LogP contribution in [0.15, 0.2) is 41.3 Å². The fraction of sp³-hybridized carbons (Fsp3) is 0.480. The first-order valence-electron chi connectivity index (χ1n) is 11.7. The Morgan fingerprint density at radius 3 is 2.88 bits per heavy atom. The van der Waals surface area contributed by atoms with Gasteiger partial charge in [0, 0.05) is 43.4 Å². The van der Waals surface area contributed by atoms with Crippen molar-refractivity contribution in [1.29, 1.82) is 0 Å². The van der Waals surface area contributed by atoms with E-state index in [0.29, 0.717) is 19.6 Å². The van der Waals surface area contributed by atoms with Gasteiger partial charge in [-0.25, -0.2) is 9.78 Å². The number of carbonyl (C=O) groups excluding carboxylic acids is 1. The number of aromatic nitrogens is 3. The quantitative estimate of drug-likeness (QED) is 0.606. The van der Waals surface area contributed by atoms with E-state index >= 15 is 0 Å².